The monoisotopic (exact) mass is 494 g/mol. The molecule has 0 fully saturated rings. The number of methoxy groups -OCH3 is 1. The summed E-state index contributed by atoms with van der Waals surface area (Å²) in [6.07, 6.45) is 0.980. The molecule has 0 aliphatic rings. The zero-order valence-corrected chi connectivity index (χ0v) is 19.8. The summed E-state index contributed by atoms with van der Waals surface area (Å²) in [7, 11) is 1.59. The van der Waals surface area contributed by atoms with Crippen LogP contribution in [0.1, 0.15) is 30.6 Å². The van der Waals surface area contributed by atoms with Gasteiger partial charge in [0, 0.05) is 23.3 Å². The van der Waals surface area contributed by atoms with Crippen molar-refractivity contribution in [2.75, 3.05) is 32.2 Å². The van der Waals surface area contributed by atoms with E-state index in [1.54, 1.807) is 25.3 Å². The standard InChI is InChI=1S/C22H27BrN2O4S/c1-15(2)9-10-28-18-6-4-5-17(14-18)24-22(30)25-21(26)19-13-16(23)7-8-20(19)29-12-11-27-3/h4-8,13-15H,9-12H2,1-3H3,(H2,24,25,26,30). The first-order valence-corrected chi connectivity index (χ1v) is 10.9. The van der Waals surface area contributed by atoms with E-state index in [0.29, 0.717) is 37.1 Å². The van der Waals surface area contributed by atoms with Gasteiger partial charge in [-0.2, -0.15) is 0 Å². The highest BCUT2D eigenvalue weighted by molar-refractivity contribution is 9.10. The number of hydrogen-bond acceptors (Lipinski definition) is 5. The third kappa shape index (κ3) is 8.30. The number of anilines is 1. The van der Waals surface area contributed by atoms with E-state index in [0.717, 1.165) is 22.3 Å². The fourth-order valence-electron chi connectivity index (χ4n) is 2.45. The van der Waals surface area contributed by atoms with Crippen molar-refractivity contribution in [2.45, 2.75) is 20.3 Å². The molecule has 2 rings (SSSR count). The average Bonchev–Trinajstić information content (AvgIpc) is 2.69. The van der Waals surface area contributed by atoms with Crippen molar-refractivity contribution < 1.29 is 19.0 Å². The number of hydrogen-bond donors (Lipinski definition) is 2. The Morgan fingerprint density at radius 3 is 2.63 bits per heavy atom. The maximum atomic E-state index is 12.7. The summed E-state index contributed by atoms with van der Waals surface area (Å²) in [5.74, 6) is 1.41. The van der Waals surface area contributed by atoms with Gasteiger partial charge in [0.2, 0.25) is 0 Å². The molecule has 0 aliphatic heterocycles. The van der Waals surface area contributed by atoms with Gasteiger partial charge >= 0.3 is 0 Å². The second kappa shape index (κ2) is 12.5. The van der Waals surface area contributed by atoms with Crippen LogP contribution in [0.2, 0.25) is 0 Å². The molecule has 6 nitrogen and oxygen atoms in total. The summed E-state index contributed by atoms with van der Waals surface area (Å²) in [5.41, 5.74) is 1.10. The zero-order chi connectivity index (χ0) is 21.9. The number of thiocarbonyl (C=S) groups is 1. The Balaban J connectivity index is 1.98. The molecule has 0 radical (unpaired) electrons. The normalized spacial score (nSPS) is 10.6. The highest BCUT2D eigenvalue weighted by Crippen LogP contribution is 2.23. The molecule has 0 saturated heterocycles. The Bertz CT molecular complexity index is 861. The van der Waals surface area contributed by atoms with Crippen LogP contribution in [0.4, 0.5) is 5.69 Å². The van der Waals surface area contributed by atoms with Gasteiger partial charge in [0.15, 0.2) is 5.11 Å². The number of rotatable bonds is 10. The van der Waals surface area contributed by atoms with Gasteiger partial charge in [-0.25, -0.2) is 0 Å². The smallest absolute Gasteiger partial charge is 0.261 e. The minimum atomic E-state index is -0.370. The summed E-state index contributed by atoms with van der Waals surface area (Å²) in [4.78, 5) is 12.7. The first-order chi connectivity index (χ1) is 14.4. The predicted molar refractivity (Wildman–Crippen MR) is 127 cm³/mol. The van der Waals surface area contributed by atoms with E-state index in [9.17, 15) is 4.79 Å². The van der Waals surface area contributed by atoms with Gasteiger partial charge in [-0.15, -0.1) is 0 Å². The van der Waals surface area contributed by atoms with Gasteiger partial charge in [-0.05, 0) is 54.9 Å². The van der Waals surface area contributed by atoms with Gasteiger partial charge in [-0.1, -0.05) is 35.8 Å². The number of benzene rings is 2. The number of carbonyl (C=O) groups excluding carboxylic acids is 1. The molecule has 0 aromatic heterocycles. The molecule has 2 N–H and O–H groups in total. The Kier molecular flexibility index (Phi) is 10.1. The number of carbonyl (C=O) groups is 1. The Morgan fingerprint density at radius 2 is 1.90 bits per heavy atom. The van der Waals surface area contributed by atoms with Crippen LogP contribution in [0.3, 0.4) is 0 Å². The molecule has 0 heterocycles. The molecule has 0 atom stereocenters. The fourth-order valence-corrected chi connectivity index (χ4v) is 3.02. The molecule has 0 bridgehead atoms. The van der Waals surface area contributed by atoms with Crippen molar-refractivity contribution in [1.82, 2.24) is 5.32 Å². The van der Waals surface area contributed by atoms with E-state index in [2.05, 4.69) is 40.4 Å². The highest BCUT2D eigenvalue weighted by Gasteiger charge is 2.15. The molecule has 0 spiro atoms. The first kappa shape index (κ1) is 24.1. The lowest BCUT2D eigenvalue weighted by Gasteiger charge is -2.14. The number of halogens is 1. The SMILES string of the molecule is COCCOc1ccc(Br)cc1C(=O)NC(=S)Nc1cccc(OCCC(C)C)c1. The molecule has 8 heteroatoms. The summed E-state index contributed by atoms with van der Waals surface area (Å²) in [6.45, 7) is 5.72. The van der Waals surface area contributed by atoms with Crippen LogP contribution >= 0.6 is 28.1 Å². The Labute approximate surface area is 191 Å². The third-order valence-electron chi connectivity index (χ3n) is 4.01. The van der Waals surface area contributed by atoms with Gasteiger partial charge in [-0.3, -0.25) is 10.1 Å². The lowest BCUT2D eigenvalue weighted by Crippen LogP contribution is -2.34. The molecular formula is C22H27BrN2O4S. The van der Waals surface area contributed by atoms with Gasteiger partial charge in [0.25, 0.3) is 5.91 Å². The van der Waals surface area contributed by atoms with Crippen molar-refractivity contribution in [1.29, 1.82) is 0 Å². The molecule has 0 saturated carbocycles. The summed E-state index contributed by atoms with van der Waals surface area (Å²) < 4.78 is 17.1. The quantitative estimate of drug-likeness (QED) is 0.356. The van der Waals surface area contributed by atoms with E-state index in [1.807, 2.05) is 24.3 Å². The number of amides is 1. The van der Waals surface area contributed by atoms with Crippen LogP contribution in [-0.2, 0) is 4.74 Å². The van der Waals surface area contributed by atoms with Gasteiger partial charge < -0.3 is 19.5 Å². The first-order valence-electron chi connectivity index (χ1n) is 9.65. The van der Waals surface area contributed by atoms with Crippen LogP contribution in [0.5, 0.6) is 11.5 Å². The second-order valence-corrected chi connectivity index (χ2v) is 8.27. The lowest BCUT2D eigenvalue weighted by atomic mass is 10.1. The molecule has 2 aromatic carbocycles. The maximum absolute atomic E-state index is 12.7. The van der Waals surface area contributed by atoms with E-state index in [4.69, 9.17) is 26.4 Å². The average molecular weight is 495 g/mol. The lowest BCUT2D eigenvalue weighted by molar-refractivity contribution is 0.0969. The van der Waals surface area contributed by atoms with Gasteiger partial charge in [0.1, 0.15) is 18.1 Å². The van der Waals surface area contributed by atoms with Crippen LogP contribution in [0, 0.1) is 5.92 Å². The molecule has 1 amide bonds. The summed E-state index contributed by atoms with van der Waals surface area (Å²) >= 11 is 8.68. The van der Waals surface area contributed by atoms with Crippen molar-refractivity contribution >= 4 is 44.9 Å². The van der Waals surface area contributed by atoms with Crippen molar-refractivity contribution in [3.8, 4) is 11.5 Å². The van der Waals surface area contributed by atoms with Crippen LogP contribution in [0.15, 0.2) is 46.9 Å². The van der Waals surface area contributed by atoms with Crippen molar-refractivity contribution in [3.63, 3.8) is 0 Å². The van der Waals surface area contributed by atoms with E-state index < -0.39 is 0 Å². The fraction of sp³-hybridized carbons (Fsp3) is 0.364. The highest BCUT2D eigenvalue weighted by atomic mass is 79.9. The Hall–Kier alpha value is -2.16. The number of ether oxygens (including phenoxy) is 3. The van der Waals surface area contributed by atoms with E-state index in [-0.39, 0.29) is 11.0 Å². The van der Waals surface area contributed by atoms with Crippen molar-refractivity contribution in [2.24, 2.45) is 5.92 Å². The molecule has 162 valence electrons. The van der Waals surface area contributed by atoms with Crippen LogP contribution in [-0.4, -0.2) is 38.0 Å². The van der Waals surface area contributed by atoms with E-state index >= 15 is 0 Å². The predicted octanol–water partition coefficient (Wildman–Crippen LogP) is 5.03. The maximum Gasteiger partial charge on any atom is 0.261 e. The largest absolute Gasteiger partial charge is 0.494 e. The van der Waals surface area contributed by atoms with Gasteiger partial charge in [0.05, 0.1) is 18.8 Å². The molecule has 2 aromatic rings. The van der Waals surface area contributed by atoms with Crippen LogP contribution in [0.25, 0.3) is 0 Å². The van der Waals surface area contributed by atoms with E-state index in [1.165, 1.54) is 0 Å². The zero-order valence-electron chi connectivity index (χ0n) is 17.4. The molecule has 0 unspecified atom stereocenters. The minimum Gasteiger partial charge on any atom is -0.494 e. The minimum absolute atomic E-state index is 0.183. The van der Waals surface area contributed by atoms with Crippen LogP contribution < -0.4 is 20.1 Å². The molecular weight excluding hydrogens is 468 g/mol. The summed E-state index contributed by atoms with van der Waals surface area (Å²) in [6, 6.07) is 12.7. The molecule has 0 aliphatic carbocycles. The second-order valence-electron chi connectivity index (χ2n) is 6.95. The number of nitrogens with one attached hydrogen (secondary N) is 2. The Morgan fingerprint density at radius 1 is 1.10 bits per heavy atom. The third-order valence-corrected chi connectivity index (χ3v) is 4.71. The van der Waals surface area contributed by atoms with Crippen molar-refractivity contribution in [3.05, 3.63) is 52.5 Å². The topological polar surface area (TPSA) is 68.8 Å². The molecule has 30 heavy (non-hydrogen) atoms. The summed E-state index contributed by atoms with van der Waals surface area (Å²) in [5, 5.41) is 5.89.